The number of carbonyl (C=O) groups excluding carboxylic acids is 1. The fourth-order valence-electron chi connectivity index (χ4n) is 2.79. The standard InChI is InChI=1S/C22H22N2O4S/c1-15-6-4-5-7-20(15)23-22(25)17-8-13-21(16(2)14-17)24-29(26,27)19-11-9-18(28-3)10-12-19/h4-14,24H,1-3H3,(H,23,25). The summed E-state index contributed by atoms with van der Waals surface area (Å²) in [5.74, 6) is 0.316. The van der Waals surface area contributed by atoms with Crippen LogP contribution in [0.5, 0.6) is 5.75 Å². The minimum atomic E-state index is -3.75. The zero-order chi connectivity index (χ0) is 21.0. The minimum absolute atomic E-state index is 0.124. The average molecular weight is 410 g/mol. The summed E-state index contributed by atoms with van der Waals surface area (Å²) >= 11 is 0. The van der Waals surface area contributed by atoms with Crippen LogP contribution >= 0.6 is 0 Å². The van der Waals surface area contributed by atoms with Crippen molar-refractivity contribution in [1.29, 1.82) is 0 Å². The Kier molecular flexibility index (Phi) is 5.89. The second-order valence-corrected chi connectivity index (χ2v) is 8.26. The van der Waals surface area contributed by atoms with E-state index in [1.165, 1.54) is 19.2 Å². The number of benzene rings is 3. The lowest BCUT2D eigenvalue weighted by atomic mass is 10.1. The molecule has 3 aromatic carbocycles. The number of nitrogens with one attached hydrogen (secondary N) is 2. The van der Waals surface area contributed by atoms with Crippen LogP contribution in [0.2, 0.25) is 0 Å². The molecule has 150 valence electrons. The zero-order valence-electron chi connectivity index (χ0n) is 16.4. The van der Waals surface area contributed by atoms with E-state index >= 15 is 0 Å². The maximum Gasteiger partial charge on any atom is 0.261 e. The van der Waals surface area contributed by atoms with Crippen molar-refractivity contribution < 1.29 is 17.9 Å². The van der Waals surface area contributed by atoms with Gasteiger partial charge in [0.25, 0.3) is 15.9 Å². The van der Waals surface area contributed by atoms with Crippen LogP contribution in [-0.2, 0) is 10.0 Å². The van der Waals surface area contributed by atoms with Gasteiger partial charge in [-0.3, -0.25) is 9.52 Å². The lowest BCUT2D eigenvalue weighted by molar-refractivity contribution is 0.102. The van der Waals surface area contributed by atoms with E-state index < -0.39 is 10.0 Å². The van der Waals surface area contributed by atoms with E-state index in [9.17, 15) is 13.2 Å². The van der Waals surface area contributed by atoms with Crippen molar-refractivity contribution in [1.82, 2.24) is 0 Å². The summed E-state index contributed by atoms with van der Waals surface area (Å²) in [6.07, 6.45) is 0. The average Bonchev–Trinajstić information content (AvgIpc) is 2.71. The molecule has 2 N–H and O–H groups in total. The van der Waals surface area contributed by atoms with E-state index in [1.807, 2.05) is 31.2 Å². The van der Waals surface area contributed by atoms with Crippen LogP contribution in [0.25, 0.3) is 0 Å². The lowest BCUT2D eigenvalue weighted by Gasteiger charge is -2.13. The Morgan fingerprint density at radius 3 is 2.17 bits per heavy atom. The number of carbonyl (C=O) groups is 1. The Morgan fingerprint density at radius 2 is 1.55 bits per heavy atom. The molecule has 0 fully saturated rings. The number of amides is 1. The molecule has 0 aliphatic carbocycles. The topological polar surface area (TPSA) is 84.5 Å². The lowest BCUT2D eigenvalue weighted by Crippen LogP contribution is -2.15. The Labute approximate surface area is 170 Å². The second kappa shape index (κ2) is 8.36. The highest BCUT2D eigenvalue weighted by atomic mass is 32.2. The molecule has 3 rings (SSSR count). The fraction of sp³-hybridized carbons (Fsp3) is 0.136. The Bertz CT molecular complexity index is 1140. The zero-order valence-corrected chi connectivity index (χ0v) is 17.2. The number of sulfonamides is 1. The van der Waals surface area contributed by atoms with Gasteiger partial charge in [0.2, 0.25) is 0 Å². The first-order valence-corrected chi connectivity index (χ1v) is 10.4. The minimum Gasteiger partial charge on any atom is -0.497 e. The normalized spacial score (nSPS) is 11.0. The third-order valence-electron chi connectivity index (χ3n) is 4.50. The monoisotopic (exact) mass is 410 g/mol. The molecule has 0 bridgehead atoms. The van der Waals surface area contributed by atoms with Gasteiger partial charge in [-0.1, -0.05) is 18.2 Å². The first-order chi connectivity index (χ1) is 13.8. The van der Waals surface area contributed by atoms with Gasteiger partial charge in [0, 0.05) is 11.3 Å². The van der Waals surface area contributed by atoms with Crippen molar-refractivity contribution in [3.63, 3.8) is 0 Å². The van der Waals surface area contributed by atoms with Gasteiger partial charge >= 0.3 is 0 Å². The van der Waals surface area contributed by atoms with Crippen molar-refractivity contribution in [2.75, 3.05) is 17.1 Å². The predicted molar refractivity (Wildman–Crippen MR) is 114 cm³/mol. The first-order valence-electron chi connectivity index (χ1n) is 8.94. The third-order valence-corrected chi connectivity index (χ3v) is 5.88. The molecular formula is C22H22N2O4S. The molecule has 0 spiro atoms. The van der Waals surface area contributed by atoms with Gasteiger partial charge < -0.3 is 10.1 Å². The molecule has 0 radical (unpaired) electrons. The van der Waals surface area contributed by atoms with Gasteiger partial charge in [-0.15, -0.1) is 0 Å². The van der Waals surface area contributed by atoms with Crippen molar-refractivity contribution in [2.24, 2.45) is 0 Å². The van der Waals surface area contributed by atoms with Crippen molar-refractivity contribution >= 4 is 27.3 Å². The van der Waals surface area contributed by atoms with Crippen molar-refractivity contribution in [3.05, 3.63) is 83.4 Å². The molecule has 0 saturated carbocycles. The molecule has 0 saturated heterocycles. The van der Waals surface area contributed by atoms with Crippen LogP contribution in [0.3, 0.4) is 0 Å². The summed E-state index contributed by atoms with van der Waals surface area (Å²) in [7, 11) is -2.24. The van der Waals surface area contributed by atoms with E-state index in [4.69, 9.17) is 4.74 Å². The number of hydrogen-bond acceptors (Lipinski definition) is 4. The molecule has 0 heterocycles. The summed E-state index contributed by atoms with van der Waals surface area (Å²) in [6.45, 7) is 3.66. The molecular weight excluding hydrogens is 388 g/mol. The first kappa shape index (κ1) is 20.4. The molecule has 0 aliphatic rings. The Hall–Kier alpha value is -3.32. The van der Waals surface area contributed by atoms with Crippen LogP contribution in [0.15, 0.2) is 71.6 Å². The highest BCUT2D eigenvalue weighted by Gasteiger charge is 2.16. The number of aryl methyl sites for hydroxylation is 2. The molecule has 6 nitrogen and oxygen atoms in total. The van der Waals surface area contributed by atoms with Crippen LogP contribution in [0, 0.1) is 13.8 Å². The fourth-order valence-corrected chi connectivity index (χ4v) is 3.92. The molecule has 0 aromatic heterocycles. The Balaban J connectivity index is 1.78. The Morgan fingerprint density at radius 1 is 0.862 bits per heavy atom. The van der Waals surface area contributed by atoms with E-state index in [-0.39, 0.29) is 10.8 Å². The van der Waals surface area contributed by atoms with E-state index in [0.29, 0.717) is 22.6 Å². The van der Waals surface area contributed by atoms with Crippen molar-refractivity contribution in [2.45, 2.75) is 18.7 Å². The summed E-state index contributed by atoms with van der Waals surface area (Å²) in [4.78, 5) is 12.7. The van der Waals surface area contributed by atoms with Gasteiger partial charge in [-0.25, -0.2) is 8.42 Å². The van der Waals surface area contributed by atoms with Gasteiger partial charge in [0.1, 0.15) is 5.75 Å². The van der Waals surface area contributed by atoms with Gasteiger partial charge in [0.15, 0.2) is 0 Å². The molecule has 7 heteroatoms. The SMILES string of the molecule is COc1ccc(S(=O)(=O)Nc2ccc(C(=O)Nc3ccccc3C)cc2C)cc1. The van der Waals surface area contributed by atoms with Crippen LogP contribution < -0.4 is 14.8 Å². The van der Waals surface area contributed by atoms with E-state index in [2.05, 4.69) is 10.0 Å². The quantitative estimate of drug-likeness (QED) is 0.632. The number of ether oxygens (including phenoxy) is 1. The number of hydrogen-bond donors (Lipinski definition) is 2. The molecule has 0 unspecified atom stereocenters. The highest BCUT2D eigenvalue weighted by molar-refractivity contribution is 7.92. The molecule has 0 atom stereocenters. The number of para-hydroxylation sites is 1. The van der Waals surface area contributed by atoms with Gasteiger partial charge in [-0.05, 0) is 73.5 Å². The largest absolute Gasteiger partial charge is 0.497 e. The molecule has 1 amide bonds. The summed E-state index contributed by atoms with van der Waals surface area (Å²) in [5.41, 5.74) is 3.19. The van der Waals surface area contributed by atoms with E-state index in [1.54, 1.807) is 37.3 Å². The molecule has 0 aliphatic heterocycles. The van der Waals surface area contributed by atoms with E-state index in [0.717, 1.165) is 11.3 Å². The molecule has 3 aromatic rings. The number of rotatable bonds is 6. The summed E-state index contributed by atoms with van der Waals surface area (Å²) in [5, 5.41) is 2.87. The number of anilines is 2. The van der Waals surface area contributed by atoms with Crippen LogP contribution in [-0.4, -0.2) is 21.4 Å². The van der Waals surface area contributed by atoms with Gasteiger partial charge in [0.05, 0.1) is 17.7 Å². The third kappa shape index (κ3) is 4.75. The highest BCUT2D eigenvalue weighted by Crippen LogP contribution is 2.23. The maximum absolute atomic E-state index is 12.6. The van der Waals surface area contributed by atoms with Crippen LogP contribution in [0.1, 0.15) is 21.5 Å². The smallest absolute Gasteiger partial charge is 0.261 e. The molecule has 29 heavy (non-hydrogen) atoms. The van der Waals surface area contributed by atoms with Crippen LogP contribution in [0.4, 0.5) is 11.4 Å². The number of methoxy groups -OCH3 is 1. The summed E-state index contributed by atoms with van der Waals surface area (Å²) in [6, 6.07) is 18.4. The van der Waals surface area contributed by atoms with Gasteiger partial charge in [-0.2, -0.15) is 0 Å². The maximum atomic E-state index is 12.6. The van der Waals surface area contributed by atoms with Crippen molar-refractivity contribution in [3.8, 4) is 5.75 Å². The summed E-state index contributed by atoms with van der Waals surface area (Å²) < 4.78 is 32.9. The second-order valence-electron chi connectivity index (χ2n) is 6.58. The predicted octanol–water partition coefficient (Wildman–Crippen LogP) is 4.37.